The molecule has 0 bridgehead atoms. The zero-order valence-electron chi connectivity index (χ0n) is 15.6. The van der Waals surface area contributed by atoms with Gasteiger partial charge in [-0.2, -0.15) is 4.31 Å². The van der Waals surface area contributed by atoms with Crippen LogP contribution in [0.1, 0.15) is 17.7 Å². The number of hydrogen-bond donors (Lipinski definition) is 1. The van der Waals surface area contributed by atoms with Gasteiger partial charge in [0, 0.05) is 37.6 Å². The lowest BCUT2D eigenvalue weighted by Gasteiger charge is -2.27. The fourth-order valence-corrected chi connectivity index (χ4v) is 6.08. The lowest BCUT2D eigenvalue weighted by molar-refractivity contribution is 0.0730. The fourth-order valence-electron chi connectivity index (χ4n) is 3.62. The average Bonchev–Trinajstić information content (AvgIpc) is 3.38. The summed E-state index contributed by atoms with van der Waals surface area (Å²) < 4.78 is 33.7. The second-order valence-corrected chi connectivity index (χ2v) is 10.7. The lowest BCUT2D eigenvalue weighted by atomic mass is 10.2. The largest absolute Gasteiger partial charge is 0.379 e. The molecule has 3 heterocycles. The summed E-state index contributed by atoms with van der Waals surface area (Å²) in [6.45, 7) is 4.27. The lowest BCUT2D eigenvalue weighted by Crippen LogP contribution is -2.40. The molecule has 0 amide bonds. The van der Waals surface area contributed by atoms with E-state index in [0.29, 0.717) is 37.7 Å². The Balaban J connectivity index is 1.62. The second-order valence-electron chi connectivity index (χ2n) is 6.95. The van der Waals surface area contributed by atoms with Gasteiger partial charge in [-0.1, -0.05) is 11.6 Å². The van der Waals surface area contributed by atoms with E-state index in [4.69, 9.17) is 16.3 Å². The van der Waals surface area contributed by atoms with Crippen molar-refractivity contribution >= 4 is 44.3 Å². The van der Waals surface area contributed by atoms with Crippen molar-refractivity contribution in [3.8, 4) is 0 Å². The van der Waals surface area contributed by atoms with Gasteiger partial charge in [0.1, 0.15) is 0 Å². The van der Waals surface area contributed by atoms with E-state index in [-0.39, 0.29) is 0 Å². The van der Waals surface area contributed by atoms with Crippen LogP contribution in [0.2, 0.25) is 4.34 Å². The van der Waals surface area contributed by atoms with Gasteiger partial charge in [-0.3, -0.25) is 0 Å². The third-order valence-corrected chi connectivity index (χ3v) is 8.23. The number of nitrogens with zero attached hydrogens (tertiary/aromatic N) is 2. The molecule has 28 heavy (non-hydrogen) atoms. The molecule has 0 spiro atoms. The van der Waals surface area contributed by atoms with Gasteiger partial charge in [-0.15, -0.1) is 11.3 Å². The second kappa shape index (κ2) is 8.59. The molecule has 0 saturated carbocycles. The van der Waals surface area contributed by atoms with Crippen molar-refractivity contribution in [1.29, 1.82) is 0 Å². The van der Waals surface area contributed by atoms with Gasteiger partial charge in [0.05, 0.1) is 33.8 Å². The maximum Gasteiger partial charge on any atom is 0.243 e. The minimum absolute atomic E-state index is 0.323. The Morgan fingerprint density at radius 2 is 1.82 bits per heavy atom. The summed E-state index contributed by atoms with van der Waals surface area (Å²) in [7, 11) is -3.53. The molecular formula is C19H24ClN3O3S2. The molecule has 0 unspecified atom stereocenters. The molecule has 152 valence electrons. The molecule has 6 nitrogen and oxygen atoms in total. The Bertz CT molecular complexity index is 920. The van der Waals surface area contributed by atoms with Crippen molar-refractivity contribution in [2.45, 2.75) is 24.3 Å². The minimum atomic E-state index is -3.53. The first-order chi connectivity index (χ1) is 13.5. The first kappa shape index (κ1) is 20.0. The van der Waals surface area contributed by atoms with Crippen molar-refractivity contribution in [2.75, 3.05) is 49.6 Å². The van der Waals surface area contributed by atoms with E-state index < -0.39 is 10.0 Å². The van der Waals surface area contributed by atoms with Gasteiger partial charge >= 0.3 is 0 Å². The standard InChI is InChI=1S/C19H24ClN3O3S2/c20-19-6-3-15(27-19)14-21-17-13-16(4-5-18(17)22-7-1-2-8-22)28(24,25)23-9-11-26-12-10-23/h3-6,13,21H,1-2,7-12,14H2. The number of hydrogen-bond acceptors (Lipinski definition) is 6. The molecule has 1 aromatic heterocycles. The summed E-state index contributed by atoms with van der Waals surface area (Å²) in [5.41, 5.74) is 1.90. The van der Waals surface area contributed by atoms with Crippen molar-refractivity contribution in [2.24, 2.45) is 0 Å². The van der Waals surface area contributed by atoms with Crippen LogP contribution in [0.5, 0.6) is 0 Å². The highest BCUT2D eigenvalue weighted by Crippen LogP contribution is 2.33. The first-order valence-corrected chi connectivity index (χ1v) is 12.1. The van der Waals surface area contributed by atoms with Crippen LogP contribution in [0.4, 0.5) is 11.4 Å². The van der Waals surface area contributed by atoms with Crippen molar-refractivity contribution in [3.63, 3.8) is 0 Å². The topological polar surface area (TPSA) is 61.9 Å². The Hall–Kier alpha value is -1.32. The van der Waals surface area contributed by atoms with Gasteiger partial charge in [0.2, 0.25) is 10.0 Å². The predicted octanol–water partition coefficient (Wildman–Crippen LogP) is 3.63. The third-order valence-electron chi connectivity index (χ3n) is 5.10. The zero-order valence-corrected chi connectivity index (χ0v) is 18.0. The maximum atomic E-state index is 13.1. The summed E-state index contributed by atoms with van der Waals surface area (Å²) in [5.74, 6) is 0. The van der Waals surface area contributed by atoms with Gasteiger partial charge < -0.3 is 15.0 Å². The number of sulfonamides is 1. The van der Waals surface area contributed by atoms with E-state index in [0.717, 1.165) is 46.5 Å². The molecule has 2 aromatic rings. The molecule has 1 aromatic carbocycles. The van der Waals surface area contributed by atoms with Gasteiger partial charge in [0.15, 0.2) is 0 Å². The van der Waals surface area contributed by atoms with E-state index in [1.165, 1.54) is 15.6 Å². The van der Waals surface area contributed by atoms with Crippen LogP contribution >= 0.6 is 22.9 Å². The number of thiophene rings is 1. The Labute approximate surface area is 175 Å². The summed E-state index contributed by atoms with van der Waals surface area (Å²) >= 11 is 7.56. The van der Waals surface area contributed by atoms with Gasteiger partial charge in [0.25, 0.3) is 0 Å². The van der Waals surface area contributed by atoms with Crippen LogP contribution in [0.25, 0.3) is 0 Å². The molecule has 2 aliphatic rings. The van der Waals surface area contributed by atoms with Crippen LogP contribution < -0.4 is 10.2 Å². The van der Waals surface area contributed by atoms with Crippen molar-refractivity contribution in [1.82, 2.24) is 4.31 Å². The van der Waals surface area contributed by atoms with Gasteiger partial charge in [-0.05, 0) is 43.2 Å². The summed E-state index contributed by atoms with van der Waals surface area (Å²) in [4.78, 5) is 3.75. The summed E-state index contributed by atoms with van der Waals surface area (Å²) in [6, 6.07) is 9.30. The average molecular weight is 442 g/mol. The van der Waals surface area contributed by atoms with Crippen LogP contribution in [-0.4, -0.2) is 52.1 Å². The number of ether oxygens (including phenoxy) is 1. The molecule has 0 radical (unpaired) electrons. The molecule has 2 fully saturated rings. The Kier molecular flexibility index (Phi) is 6.13. The van der Waals surface area contributed by atoms with Crippen LogP contribution in [-0.2, 0) is 21.3 Å². The molecule has 0 atom stereocenters. The van der Waals surface area contributed by atoms with E-state index in [2.05, 4.69) is 10.2 Å². The molecular weight excluding hydrogens is 418 g/mol. The predicted molar refractivity (Wildman–Crippen MR) is 114 cm³/mol. The van der Waals surface area contributed by atoms with E-state index in [9.17, 15) is 8.42 Å². The number of morpholine rings is 1. The Morgan fingerprint density at radius 3 is 2.50 bits per heavy atom. The highest BCUT2D eigenvalue weighted by Gasteiger charge is 2.27. The molecule has 1 N–H and O–H groups in total. The van der Waals surface area contributed by atoms with Crippen molar-refractivity contribution in [3.05, 3.63) is 39.5 Å². The normalized spacial score (nSPS) is 18.5. The zero-order chi connectivity index (χ0) is 19.6. The number of halogens is 1. The van der Waals surface area contributed by atoms with Crippen LogP contribution in [0.3, 0.4) is 0 Å². The molecule has 9 heteroatoms. The van der Waals surface area contributed by atoms with E-state index in [1.54, 1.807) is 12.1 Å². The number of nitrogens with one attached hydrogen (secondary N) is 1. The maximum absolute atomic E-state index is 13.1. The molecule has 0 aliphatic carbocycles. The van der Waals surface area contributed by atoms with E-state index in [1.807, 2.05) is 18.2 Å². The number of benzene rings is 1. The SMILES string of the molecule is O=S(=O)(c1ccc(N2CCCC2)c(NCc2ccc(Cl)s2)c1)N1CCOCC1. The van der Waals surface area contributed by atoms with E-state index >= 15 is 0 Å². The van der Waals surface area contributed by atoms with Crippen molar-refractivity contribution < 1.29 is 13.2 Å². The summed E-state index contributed by atoms with van der Waals surface area (Å²) in [5, 5.41) is 3.44. The quantitative estimate of drug-likeness (QED) is 0.741. The highest BCUT2D eigenvalue weighted by molar-refractivity contribution is 7.89. The minimum Gasteiger partial charge on any atom is -0.379 e. The van der Waals surface area contributed by atoms with Gasteiger partial charge in [-0.25, -0.2) is 8.42 Å². The monoisotopic (exact) mass is 441 g/mol. The van der Waals surface area contributed by atoms with Crippen LogP contribution in [0.15, 0.2) is 35.2 Å². The number of rotatable bonds is 6. The smallest absolute Gasteiger partial charge is 0.243 e. The number of anilines is 2. The molecule has 2 saturated heterocycles. The highest BCUT2D eigenvalue weighted by atomic mass is 35.5. The third kappa shape index (κ3) is 4.31. The fraction of sp³-hybridized carbons (Fsp3) is 0.474. The summed E-state index contributed by atoms with van der Waals surface area (Å²) in [6.07, 6.45) is 2.32. The first-order valence-electron chi connectivity index (χ1n) is 9.49. The molecule has 2 aliphatic heterocycles. The Morgan fingerprint density at radius 1 is 1.07 bits per heavy atom. The molecule has 4 rings (SSSR count). The van der Waals surface area contributed by atoms with Crippen LogP contribution in [0, 0.1) is 0 Å².